The molecule has 41 heavy (non-hydrogen) atoms. The first-order valence-corrected chi connectivity index (χ1v) is 15.1. The number of rotatable bonds is 11. The Bertz CT molecular complexity index is 1530. The van der Waals surface area contributed by atoms with E-state index in [-0.39, 0.29) is 11.6 Å². The number of thioether (sulfide) groups is 2. The van der Waals surface area contributed by atoms with Crippen LogP contribution in [0.15, 0.2) is 94.6 Å². The van der Waals surface area contributed by atoms with Crippen LogP contribution in [0.25, 0.3) is 6.08 Å². The van der Waals surface area contributed by atoms with Gasteiger partial charge in [-0.05, 0) is 72.8 Å². The third kappa shape index (κ3) is 9.00. The third-order valence-electron chi connectivity index (χ3n) is 5.42. The Balaban J connectivity index is 1.40. The van der Waals surface area contributed by atoms with Crippen molar-refractivity contribution in [2.75, 3.05) is 16.4 Å². The van der Waals surface area contributed by atoms with E-state index in [2.05, 4.69) is 25.3 Å². The van der Waals surface area contributed by atoms with Crippen molar-refractivity contribution in [3.63, 3.8) is 0 Å². The van der Waals surface area contributed by atoms with E-state index in [1.54, 1.807) is 61.5 Å². The average molecular weight is 608 g/mol. The van der Waals surface area contributed by atoms with Crippen LogP contribution in [0.4, 0.5) is 15.2 Å². The number of anilines is 2. The molecule has 1 aromatic heterocycles. The zero-order valence-corrected chi connectivity index (χ0v) is 24.5. The number of amides is 3. The third-order valence-corrected chi connectivity index (χ3v) is 8.00. The fraction of sp³-hybridized carbons (Fsp3) is 0.138. The van der Waals surface area contributed by atoms with Gasteiger partial charge in [-0.25, -0.2) is 4.39 Å². The van der Waals surface area contributed by atoms with Gasteiger partial charge in [-0.1, -0.05) is 49.0 Å². The normalized spacial score (nSPS) is 11.9. The number of halogens is 1. The van der Waals surface area contributed by atoms with Gasteiger partial charge in [-0.15, -0.1) is 11.8 Å². The molecule has 0 radical (unpaired) electrons. The minimum Gasteiger partial charge on any atom is -0.321 e. The van der Waals surface area contributed by atoms with Gasteiger partial charge < -0.3 is 10.6 Å². The Morgan fingerprint density at radius 2 is 1.68 bits per heavy atom. The maximum absolute atomic E-state index is 13.4. The van der Waals surface area contributed by atoms with Crippen LogP contribution < -0.4 is 16.0 Å². The molecule has 1 heterocycles. The average Bonchev–Trinajstić information content (AvgIpc) is 3.42. The van der Waals surface area contributed by atoms with Gasteiger partial charge >= 0.3 is 0 Å². The highest BCUT2D eigenvalue weighted by Crippen LogP contribution is 2.27. The zero-order chi connectivity index (χ0) is 29.2. The lowest BCUT2D eigenvalue weighted by Gasteiger charge is -2.13. The molecule has 8 nitrogen and oxygen atoms in total. The molecule has 0 aliphatic heterocycles. The molecular formula is C29H26FN5O3S3. The molecule has 3 amide bonds. The highest BCUT2D eigenvalue weighted by molar-refractivity contribution is 8.00. The first-order chi connectivity index (χ1) is 19.8. The predicted octanol–water partition coefficient (Wildman–Crippen LogP) is 6.32. The quantitative estimate of drug-likeness (QED) is 0.135. The number of carbonyl (C=O) groups is 3. The van der Waals surface area contributed by atoms with Crippen molar-refractivity contribution >= 4 is 69.7 Å². The van der Waals surface area contributed by atoms with Crippen molar-refractivity contribution in [2.24, 2.45) is 0 Å². The lowest BCUT2D eigenvalue weighted by molar-refractivity contribution is -0.115. The Labute approximate surface area is 249 Å². The lowest BCUT2D eigenvalue weighted by Crippen LogP contribution is -2.30. The summed E-state index contributed by atoms with van der Waals surface area (Å²) >= 11 is 4.01. The van der Waals surface area contributed by atoms with Gasteiger partial charge in [0.15, 0.2) is 0 Å². The Kier molecular flexibility index (Phi) is 10.7. The van der Waals surface area contributed by atoms with Crippen molar-refractivity contribution in [1.82, 2.24) is 14.7 Å². The summed E-state index contributed by atoms with van der Waals surface area (Å²) in [6.45, 7) is 3.80. The standard InChI is InChI=1S/C29H26FN5O3S3/c1-3-39-29-34-28(41-35-29)33-25(36)18(2)40-23-15-13-22(14-16-23)31-27(38)24(17-19-9-11-21(30)12-10-19)32-26(37)20-7-5-4-6-8-20/h4-18H,3H2,1-2H3,(H,31,38)(H,32,37)(H,33,34,35,36)/b24-17-. The van der Waals surface area contributed by atoms with Crippen LogP contribution in [0.5, 0.6) is 0 Å². The molecule has 0 aliphatic carbocycles. The molecule has 0 aliphatic rings. The molecule has 3 aromatic carbocycles. The summed E-state index contributed by atoms with van der Waals surface area (Å²) in [4.78, 5) is 43.7. The molecule has 0 fully saturated rings. The summed E-state index contributed by atoms with van der Waals surface area (Å²) in [5.41, 5.74) is 1.41. The molecule has 210 valence electrons. The Morgan fingerprint density at radius 3 is 2.37 bits per heavy atom. The summed E-state index contributed by atoms with van der Waals surface area (Å²) in [6.07, 6.45) is 1.47. The summed E-state index contributed by atoms with van der Waals surface area (Å²) in [6, 6.07) is 21.1. The number of hydrogen-bond donors (Lipinski definition) is 3. The number of benzene rings is 3. The molecule has 4 aromatic rings. The SMILES string of the molecule is CCSc1nsc(NC(=O)C(C)Sc2ccc(NC(=O)/C(=C/c3ccc(F)cc3)NC(=O)c3ccccc3)cc2)n1. The van der Waals surface area contributed by atoms with Gasteiger partial charge in [0, 0.05) is 27.7 Å². The molecule has 0 spiro atoms. The van der Waals surface area contributed by atoms with Crippen LogP contribution in [-0.2, 0) is 9.59 Å². The maximum Gasteiger partial charge on any atom is 0.272 e. The highest BCUT2D eigenvalue weighted by Gasteiger charge is 2.18. The van der Waals surface area contributed by atoms with Crippen LogP contribution in [0.2, 0.25) is 0 Å². The summed E-state index contributed by atoms with van der Waals surface area (Å²) < 4.78 is 17.6. The minimum absolute atomic E-state index is 0.00798. The first kappa shape index (κ1) is 30.0. The highest BCUT2D eigenvalue weighted by atomic mass is 32.2. The van der Waals surface area contributed by atoms with Crippen molar-refractivity contribution in [3.05, 3.63) is 102 Å². The van der Waals surface area contributed by atoms with E-state index in [0.29, 0.717) is 27.1 Å². The largest absolute Gasteiger partial charge is 0.321 e. The van der Waals surface area contributed by atoms with Gasteiger partial charge in [0.05, 0.1) is 5.25 Å². The van der Waals surface area contributed by atoms with E-state index < -0.39 is 22.9 Å². The maximum atomic E-state index is 13.4. The zero-order valence-electron chi connectivity index (χ0n) is 22.1. The monoisotopic (exact) mass is 607 g/mol. The number of aromatic nitrogens is 2. The van der Waals surface area contributed by atoms with Gasteiger partial charge in [-0.3, -0.25) is 19.7 Å². The van der Waals surface area contributed by atoms with Crippen molar-refractivity contribution in [3.8, 4) is 0 Å². The first-order valence-electron chi connectivity index (χ1n) is 12.5. The second kappa shape index (κ2) is 14.6. The van der Waals surface area contributed by atoms with Gasteiger partial charge in [-0.2, -0.15) is 9.36 Å². The Hall–Kier alpha value is -4.00. The van der Waals surface area contributed by atoms with E-state index in [0.717, 1.165) is 22.2 Å². The minimum atomic E-state index is -0.551. The molecule has 12 heteroatoms. The van der Waals surface area contributed by atoms with Crippen LogP contribution >= 0.6 is 35.1 Å². The Morgan fingerprint density at radius 1 is 0.976 bits per heavy atom. The molecule has 0 saturated heterocycles. The van der Waals surface area contributed by atoms with E-state index in [4.69, 9.17) is 0 Å². The number of hydrogen-bond acceptors (Lipinski definition) is 8. The van der Waals surface area contributed by atoms with Crippen LogP contribution in [-0.4, -0.2) is 38.1 Å². The topological polar surface area (TPSA) is 113 Å². The van der Waals surface area contributed by atoms with Gasteiger partial charge in [0.25, 0.3) is 11.8 Å². The van der Waals surface area contributed by atoms with E-state index >= 15 is 0 Å². The van der Waals surface area contributed by atoms with Crippen LogP contribution in [0, 0.1) is 5.82 Å². The second-order valence-corrected chi connectivity index (χ2v) is 11.9. The molecule has 3 N–H and O–H groups in total. The van der Waals surface area contributed by atoms with E-state index in [9.17, 15) is 18.8 Å². The second-order valence-electron chi connectivity index (χ2n) is 8.47. The van der Waals surface area contributed by atoms with E-state index in [1.165, 1.54) is 53.9 Å². The molecule has 0 saturated carbocycles. The molecule has 1 unspecified atom stereocenters. The van der Waals surface area contributed by atoms with Crippen molar-refractivity contribution in [1.29, 1.82) is 0 Å². The molecular weight excluding hydrogens is 582 g/mol. The van der Waals surface area contributed by atoms with Crippen molar-refractivity contribution in [2.45, 2.75) is 29.1 Å². The summed E-state index contributed by atoms with van der Waals surface area (Å²) in [5.74, 6) is -0.763. The smallest absolute Gasteiger partial charge is 0.272 e. The van der Waals surface area contributed by atoms with Gasteiger partial charge in [0.2, 0.25) is 16.2 Å². The van der Waals surface area contributed by atoms with Gasteiger partial charge in [0.1, 0.15) is 11.5 Å². The summed E-state index contributed by atoms with van der Waals surface area (Å²) in [7, 11) is 0. The fourth-order valence-electron chi connectivity index (χ4n) is 3.40. The number of nitrogens with zero attached hydrogens (tertiary/aromatic N) is 2. The number of carbonyl (C=O) groups excluding carboxylic acids is 3. The number of nitrogens with one attached hydrogen (secondary N) is 3. The molecule has 4 rings (SSSR count). The predicted molar refractivity (Wildman–Crippen MR) is 164 cm³/mol. The fourth-order valence-corrected chi connectivity index (χ4v) is 5.54. The summed E-state index contributed by atoms with van der Waals surface area (Å²) in [5, 5.41) is 8.92. The van der Waals surface area contributed by atoms with Crippen LogP contribution in [0.3, 0.4) is 0 Å². The van der Waals surface area contributed by atoms with E-state index in [1.807, 2.05) is 6.92 Å². The molecule has 1 atom stereocenters. The molecule has 0 bridgehead atoms. The van der Waals surface area contributed by atoms with Crippen molar-refractivity contribution < 1.29 is 18.8 Å². The lowest BCUT2D eigenvalue weighted by atomic mass is 10.1. The van der Waals surface area contributed by atoms with Crippen LogP contribution in [0.1, 0.15) is 29.8 Å².